The number of nitrogens with one attached hydrogen (secondary N) is 1. The van der Waals surface area contributed by atoms with E-state index in [0.29, 0.717) is 30.9 Å². The van der Waals surface area contributed by atoms with Gasteiger partial charge in [-0.2, -0.15) is 5.10 Å². The summed E-state index contributed by atoms with van der Waals surface area (Å²) in [6.07, 6.45) is 3.50. The Bertz CT molecular complexity index is 469. The molecular weight excluding hydrogens is 242 g/mol. The molecule has 5 heteroatoms. The van der Waals surface area contributed by atoms with Crippen molar-refractivity contribution in [3.63, 3.8) is 0 Å². The third-order valence-corrected chi connectivity index (χ3v) is 3.60. The number of hydrogen-bond acceptors (Lipinski definition) is 3. The maximum Gasteiger partial charge on any atom is 0.269 e. The zero-order valence-electron chi connectivity index (χ0n) is 11.6. The van der Waals surface area contributed by atoms with E-state index in [1.807, 2.05) is 19.9 Å². The van der Waals surface area contributed by atoms with Crippen LogP contribution in [-0.2, 0) is 17.8 Å². The van der Waals surface area contributed by atoms with E-state index in [2.05, 4.69) is 10.4 Å². The van der Waals surface area contributed by atoms with Crippen LogP contribution >= 0.6 is 0 Å². The summed E-state index contributed by atoms with van der Waals surface area (Å²) in [4.78, 5) is 23.4. The summed E-state index contributed by atoms with van der Waals surface area (Å²) in [6, 6.07) is 1.97. The Morgan fingerprint density at radius 1 is 1.42 bits per heavy atom. The molecule has 0 bridgehead atoms. The molecule has 0 aromatic carbocycles. The van der Waals surface area contributed by atoms with E-state index < -0.39 is 0 Å². The normalized spacial score (nSPS) is 16.6. The standard InChI is InChI=1S/C14H21N3O2/c1-3-10-9-13(17(4-2)16-10)14(19)15-11-5-7-12(18)8-6-11/h9,11H,3-8H2,1-2H3,(H,15,19). The molecule has 1 aliphatic rings. The van der Waals surface area contributed by atoms with Gasteiger partial charge in [0.05, 0.1) is 5.69 Å². The first-order valence-electron chi connectivity index (χ1n) is 7.03. The summed E-state index contributed by atoms with van der Waals surface area (Å²) >= 11 is 0. The Morgan fingerprint density at radius 3 is 2.68 bits per heavy atom. The van der Waals surface area contributed by atoms with Crippen LogP contribution in [0, 0.1) is 0 Å². The van der Waals surface area contributed by atoms with Gasteiger partial charge in [-0.15, -0.1) is 0 Å². The van der Waals surface area contributed by atoms with E-state index in [0.717, 1.165) is 25.0 Å². The van der Waals surface area contributed by atoms with E-state index in [1.54, 1.807) is 4.68 Å². The van der Waals surface area contributed by atoms with Crippen LogP contribution in [0.1, 0.15) is 55.7 Å². The summed E-state index contributed by atoms with van der Waals surface area (Å²) in [5, 5.41) is 7.39. The van der Waals surface area contributed by atoms with Crippen LogP contribution in [0.2, 0.25) is 0 Å². The summed E-state index contributed by atoms with van der Waals surface area (Å²) in [5.41, 5.74) is 1.56. The number of aromatic nitrogens is 2. The number of hydrogen-bond donors (Lipinski definition) is 1. The van der Waals surface area contributed by atoms with Gasteiger partial charge >= 0.3 is 0 Å². The number of aryl methyl sites for hydroxylation is 2. The molecule has 1 saturated carbocycles. The smallest absolute Gasteiger partial charge is 0.269 e. The van der Waals surface area contributed by atoms with Crippen molar-refractivity contribution in [1.29, 1.82) is 0 Å². The van der Waals surface area contributed by atoms with Gasteiger partial charge in [-0.05, 0) is 32.3 Å². The molecule has 1 aromatic rings. The molecule has 1 N–H and O–H groups in total. The summed E-state index contributed by atoms with van der Waals surface area (Å²) in [5.74, 6) is 0.228. The van der Waals surface area contributed by atoms with Gasteiger partial charge in [0.15, 0.2) is 0 Å². The quantitative estimate of drug-likeness (QED) is 0.899. The topological polar surface area (TPSA) is 64.0 Å². The summed E-state index contributed by atoms with van der Waals surface area (Å²) < 4.78 is 1.74. The average Bonchev–Trinajstić information content (AvgIpc) is 2.85. The highest BCUT2D eigenvalue weighted by atomic mass is 16.2. The lowest BCUT2D eigenvalue weighted by molar-refractivity contribution is -0.120. The second-order valence-corrected chi connectivity index (χ2v) is 4.98. The Labute approximate surface area is 113 Å². The minimum atomic E-state index is -0.0756. The molecule has 0 spiro atoms. The fourth-order valence-electron chi connectivity index (χ4n) is 2.41. The lowest BCUT2D eigenvalue weighted by Gasteiger charge is -2.22. The highest BCUT2D eigenvalue weighted by Crippen LogP contribution is 2.15. The van der Waals surface area contributed by atoms with E-state index in [4.69, 9.17) is 0 Å². The molecule has 0 unspecified atom stereocenters. The highest BCUT2D eigenvalue weighted by Gasteiger charge is 2.22. The van der Waals surface area contributed by atoms with Gasteiger partial charge in [-0.1, -0.05) is 6.92 Å². The zero-order valence-corrected chi connectivity index (χ0v) is 11.6. The van der Waals surface area contributed by atoms with Crippen LogP contribution in [0.15, 0.2) is 6.07 Å². The minimum Gasteiger partial charge on any atom is -0.348 e. The number of rotatable bonds is 4. The molecule has 1 heterocycles. The maximum atomic E-state index is 12.2. The Balaban J connectivity index is 2.03. The van der Waals surface area contributed by atoms with Crippen molar-refractivity contribution in [2.75, 3.05) is 0 Å². The molecule has 0 atom stereocenters. The van der Waals surface area contributed by atoms with Crippen LogP contribution in [0.5, 0.6) is 0 Å². The number of carbonyl (C=O) groups excluding carboxylic acids is 2. The van der Waals surface area contributed by atoms with E-state index in [-0.39, 0.29) is 11.9 Å². The summed E-state index contributed by atoms with van der Waals surface area (Å²) in [6.45, 7) is 4.69. The Hall–Kier alpha value is -1.65. The molecule has 1 amide bonds. The summed E-state index contributed by atoms with van der Waals surface area (Å²) in [7, 11) is 0. The van der Waals surface area contributed by atoms with Crippen molar-refractivity contribution in [1.82, 2.24) is 15.1 Å². The van der Waals surface area contributed by atoms with Crippen molar-refractivity contribution in [2.24, 2.45) is 0 Å². The second kappa shape index (κ2) is 5.99. The predicted molar refractivity (Wildman–Crippen MR) is 72.0 cm³/mol. The van der Waals surface area contributed by atoms with Crippen molar-refractivity contribution in [3.05, 3.63) is 17.5 Å². The minimum absolute atomic E-state index is 0.0756. The lowest BCUT2D eigenvalue weighted by Crippen LogP contribution is -2.38. The van der Waals surface area contributed by atoms with E-state index in [1.165, 1.54) is 0 Å². The number of carbonyl (C=O) groups is 2. The molecule has 0 aliphatic heterocycles. The molecule has 5 nitrogen and oxygen atoms in total. The molecule has 104 valence electrons. The lowest BCUT2D eigenvalue weighted by atomic mass is 9.94. The van der Waals surface area contributed by atoms with Crippen molar-refractivity contribution in [2.45, 2.75) is 58.5 Å². The van der Waals surface area contributed by atoms with Crippen LogP contribution in [0.3, 0.4) is 0 Å². The van der Waals surface area contributed by atoms with Gasteiger partial charge in [0.2, 0.25) is 0 Å². The van der Waals surface area contributed by atoms with Crippen molar-refractivity contribution >= 4 is 11.7 Å². The maximum absolute atomic E-state index is 12.2. The molecule has 1 aliphatic carbocycles. The Morgan fingerprint density at radius 2 is 2.11 bits per heavy atom. The molecular formula is C14H21N3O2. The van der Waals surface area contributed by atoms with Gasteiger partial charge in [-0.25, -0.2) is 0 Å². The predicted octanol–water partition coefficient (Wildman–Crippen LogP) is 1.71. The van der Waals surface area contributed by atoms with Gasteiger partial charge < -0.3 is 5.32 Å². The molecule has 0 saturated heterocycles. The van der Waals surface area contributed by atoms with Crippen LogP contribution < -0.4 is 5.32 Å². The van der Waals surface area contributed by atoms with Crippen LogP contribution in [0.25, 0.3) is 0 Å². The fraction of sp³-hybridized carbons (Fsp3) is 0.643. The Kier molecular flexibility index (Phi) is 4.35. The van der Waals surface area contributed by atoms with Crippen molar-refractivity contribution < 1.29 is 9.59 Å². The first-order chi connectivity index (χ1) is 9.13. The van der Waals surface area contributed by atoms with Crippen LogP contribution in [0.4, 0.5) is 0 Å². The highest BCUT2D eigenvalue weighted by molar-refractivity contribution is 5.93. The molecule has 1 fully saturated rings. The molecule has 19 heavy (non-hydrogen) atoms. The second-order valence-electron chi connectivity index (χ2n) is 4.98. The first-order valence-corrected chi connectivity index (χ1v) is 7.03. The van der Waals surface area contributed by atoms with Gasteiger partial charge in [0.25, 0.3) is 5.91 Å². The number of Topliss-reactive ketones (excluding diaryl/α,β-unsaturated/α-hetero) is 1. The van der Waals surface area contributed by atoms with E-state index in [9.17, 15) is 9.59 Å². The van der Waals surface area contributed by atoms with Crippen molar-refractivity contribution in [3.8, 4) is 0 Å². The third kappa shape index (κ3) is 3.22. The van der Waals surface area contributed by atoms with E-state index >= 15 is 0 Å². The SMILES string of the molecule is CCc1cc(C(=O)NC2CCC(=O)CC2)n(CC)n1. The van der Waals surface area contributed by atoms with Gasteiger partial charge in [0, 0.05) is 25.4 Å². The van der Waals surface area contributed by atoms with Crippen LogP contribution in [-0.4, -0.2) is 27.5 Å². The first kappa shape index (κ1) is 13.8. The monoisotopic (exact) mass is 263 g/mol. The number of amides is 1. The molecule has 2 rings (SSSR count). The largest absolute Gasteiger partial charge is 0.348 e. The van der Waals surface area contributed by atoms with Gasteiger partial charge in [-0.3, -0.25) is 14.3 Å². The molecule has 0 radical (unpaired) electrons. The fourth-order valence-corrected chi connectivity index (χ4v) is 2.41. The third-order valence-electron chi connectivity index (χ3n) is 3.60. The molecule has 1 aromatic heterocycles. The zero-order chi connectivity index (χ0) is 13.8. The van der Waals surface area contributed by atoms with Gasteiger partial charge in [0.1, 0.15) is 11.5 Å². The average molecular weight is 263 g/mol. The number of nitrogens with zero attached hydrogens (tertiary/aromatic N) is 2. The number of ketones is 1.